The van der Waals surface area contributed by atoms with E-state index >= 15 is 0 Å². The maximum atomic E-state index is 12.8. The van der Waals surface area contributed by atoms with Crippen LogP contribution in [0.25, 0.3) is 0 Å². The zero-order valence-electron chi connectivity index (χ0n) is 14.9. The molecule has 0 unspecified atom stereocenters. The zero-order chi connectivity index (χ0) is 18.7. The highest BCUT2D eigenvalue weighted by molar-refractivity contribution is 7.10. The zero-order valence-corrected chi connectivity index (χ0v) is 15.7. The smallest absolute Gasteiger partial charge is 0.251 e. The summed E-state index contributed by atoms with van der Waals surface area (Å²) in [7, 11) is 0. The van der Waals surface area contributed by atoms with Gasteiger partial charge in [0.2, 0.25) is 11.8 Å². The third kappa shape index (κ3) is 4.02. The van der Waals surface area contributed by atoms with Crippen LogP contribution in [0, 0.1) is 5.92 Å². The van der Waals surface area contributed by atoms with Crippen molar-refractivity contribution in [3.05, 3.63) is 52.2 Å². The van der Waals surface area contributed by atoms with E-state index in [0.717, 1.165) is 11.3 Å². The summed E-state index contributed by atoms with van der Waals surface area (Å²) in [5, 5.41) is 5.09. The van der Waals surface area contributed by atoms with E-state index < -0.39 is 0 Å². The molecule has 1 N–H and O–H groups in total. The number of rotatable bonds is 6. The Labute approximate surface area is 157 Å². The van der Waals surface area contributed by atoms with Crippen molar-refractivity contribution in [2.45, 2.75) is 39.2 Å². The van der Waals surface area contributed by atoms with Crippen molar-refractivity contribution in [2.24, 2.45) is 5.92 Å². The number of carbonyl (C=O) groups is 3. The second-order valence-electron chi connectivity index (χ2n) is 6.84. The highest BCUT2D eigenvalue weighted by Gasteiger charge is 2.30. The number of nitrogens with zero attached hydrogens (tertiary/aromatic N) is 1. The normalized spacial score (nSPS) is 15.6. The number of carbonyl (C=O) groups excluding carboxylic acids is 3. The van der Waals surface area contributed by atoms with Crippen LogP contribution in [0.1, 0.15) is 54.4 Å². The molecule has 0 saturated carbocycles. The molecule has 1 saturated heterocycles. The lowest BCUT2D eigenvalue weighted by Gasteiger charge is -2.20. The summed E-state index contributed by atoms with van der Waals surface area (Å²) in [5.74, 6) is -0.203. The first-order valence-corrected chi connectivity index (χ1v) is 9.64. The molecule has 136 valence electrons. The quantitative estimate of drug-likeness (QED) is 0.784. The van der Waals surface area contributed by atoms with Crippen LogP contribution in [0.4, 0.5) is 5.69 Å². The van der Waals surface area contributed by atoms with Crippen LogP contribution in [0.2, 0.25) is 0 Å². The van der Waals surface area contributed by atoms with E-state index in [0.29, 0.717) is 17.2 Å². The molecule has 5 nitrogen and oxygen atoms in total. The third-order valence-electron chi connectivity index (χ3n) is 4.32. The van der Waals surface area contributed by atoms with Gasteiger partial charge in [-0.15, -0.1) is 11.3 Å². The number of anilines is 1. The van der Waals surface area contributed by atoms with Gasteiger partial charge < -0.3 is 5.32 Å². The van der Waals surface area contributed by atoms with Crippen molar-refractivity contribution in [3.63, 3.8) is 0 Å². The van der Waals surface area contributed by atoms with E-state index in [9.17, 15) is 14.4 Å². The molecule has 0 bridgehead atoms. The van der Waals surface area contributed by atoms with Crippen LogP contribution >= 0.6 is 11.3 Å². The average molecular weight is 370 g/mol. The van der Waals surface area contributed by atoms with Crippen molar-refractivity contribution in [1.82, 2.24) is 5.32 Å². The van der Waals surface area contributed by atoms with E-state index in [1.54, 1.807) is 35.6 Å². The molecule has 0 spiro atoms. The van der Waals surface area contributed by atoms with E-state index in [1.165, 1.54) is 4.90 Å². The molecule has 3 rings (SSSR count). The van der Waals surface area contributed by atoms with Gasteiger partial charge in [-0.05, 0) is 42.0 Å². The molecule has 0 radical (unpaired) electrons. The first-order valence-electron chi connectivity index (χ1n) is 8.76. The molecule has 3 amide bonds. The predicted octanol–water partition coefficient (Wildman–Crippen LogP) is 3.92. The minimum Gasteiger partial charge on any atom is -0.344 e. The van der Waals surface area contributed by atoms with Crippen LogP contribution in [-0.4, -0.2) is 17.7 Å². The van der Waals surface area contributed by atoms with Gasteiger partial charge in [-0.2, -0.15) is 0 Å². The van der Waals surface area contributed by atoms with E-state index in [-0.39, 0.29) is 36.6 Å². The summed E-state index contributed by atoms with van der Waals surface area (Å²) in [4.78, 5) is 38.9. The summed E-state index contributed by atoms with van der Waals surface area (Å²) < 4.78 is 0. The minimum absolute atomic E-state index is 0.0544. The first-order chi connectivity index (χ1) is 12.5. The number of hydrogen-bond donors (Lipinski definition) is 1. The summed E-state index contributed by atoms with van der Waals surface area (Å²) in [6.07, 6.45) is 1.29. The second-order valence-corrected chi connectivity index (χ2v) is 7.82. The Bertz CT molecular complexity index is 798. The lowest BCUT2D eigenvalue weighted by Crippen LogP contribution is -2.30. The van der Waals surface area contributed by atoms with Crippen molar-refractivity contribution in [3.8, 4) is 0 Å². The largest absolute Gasteiger partial charge is 0.344 e. The number of hydrogen-bond acceptors (Lipinski definition) is 4. The van der Waals surface area contributed by atoms with E-state index in [2.05, 4.69) is 19.2 Å². The van der Waals surface area contributed by atoms with Crippen LogP contribution < -0.4 is 10.2 Å². The average Bonchev–Trinajstić information content (AvgIpc) is 3.24. The van der Waals surface area contributed by atoms with Crippen molar-refractivity contribution in [2.75, 3.05) is 4.90 Å². The summed E-state index contributed by atoms with van der Waals surface area (Å²) in [5.41, 5.74) is 0.905. The van der Waals surface area contributed by atoms with Crippen molar-refractivity contribution >= 4 is 34.7 Å². The molecule has 26 heavy (non-hydrogen) atoms. The maximum absolute atomic E-state index is 12.8. The predicted molar refractivity (Wildman–Crippen MR) is 102 cm³/mol. The lowest BCUT2D eigenvalue weighted by molar-refractivity contribution is -0.121. The van der Waals surface area contributed by atoms with Gasteiger partial charge >= 0.3 is 0 Å². The molecule has 6 heteroatoms. The topological polar surface area (TPSA) is 66.5 Å². The summed E-state index contributed by atoms with van der Waals surface area (Å²) >= 11 is 1.62. The van der Waals surface area contributed by atoms with Gasteiger partial charge in [-0.25, -0.2) is 0 Å². The fourth-order valence-electron chi connectivity index (χ4n) is 3.10. The molecule has 0 aliphatic carbocycles. The Balaban J connectivity index is 1.80. The fraction of sp³-hybridized carbons (Fsp3) is 0.350. The highest BCUT2D eigenvalue weighted by Crippen LogP contribution is 2.27. The molecule has 1 aliphatic heterocycles. The molecule has 1 aromatic carbocycles. The number of amides is 3. The number of imide groups is 1. The molecular weight excluding hydrogens is 348 g/mol. The maximum Gasteiger partial charge on any atom is 0.251 e. The third-order valence-corrected chi connectivity index (χ3v) is 5.30. The molecule has 1 atom stereocenters. The Hall–Kier alpha value is -2.47. The van der Waals surface area contributed by atoms with Crippen molar-refractivity contribution in [1.29, 1.82) is 0 Å². The van der Waals surface area contributed by atoms with Crippen molar-refractivity contribution < 1.29 is 14.4 Å². The summed E-state index contributed by atoms with van der Waals surface area (Å²) in [6.45, 7) is 4.25. The molecule has 1 aliphatic rings. The van der Waals surface area contributed by atoms with Gasteiger partial charge in [-0.1, -0.05) is 26.0 Å². The van der Waals surface area contributed by atoms with Crippen LogP contribution in [-0.2, 0) is 9.59 Å². The first kappa shape index (κ1) is 18.3. The van der Waals surface area contributed by atoms with Crippen LogP contribution in [0.15, 0.2) is 41.8 Å². The number of nitrogens with one attached hydrogen (secondary N) is 1. The Kier molecular flexibility index (Phi) is 5.52. The second kappa shape index (κ2) is 7.83. The standard InChI is InChI=1S/C20H22N2O3S/c1-13(2)11-16(17-7-4-10-26-17)21-20(25)14-5-3-6-15(12-14)22-18(23)8-9-19(22)24/h3-7,10,12-13,16H,8-9,11H2,1-2H3,(H,21,25)/t16-/m1/s1. The Morgan fingerprint density at radius 1 is 1.15 bits per heavy atom. The van der Waals surface area contributed by atoms with Crippen LogP contribution in [0.5, 0.6) is 0 Å². The SMILES string of the molecule is CC(C)C[C@@H](NC(=O)c1cccc(N2C(=O)CCC2=O)c1)c1cccs1. The minimum atomic E-state index is -0.219. The van der Waals surface area contributed by atoms with Crippen LogP contribution in [0.3, 0.4) is 0 Å². The van der Waals surface area contributed by atoms with Gasteiger partial charge in [0, 0.05) is 23.3 Å². The van der Waals surface area contributed by atoms with E-state index in [1.807, 2.05) is 17.5 Å². The molecule has 2 heterocycles. The molecular formula is C20H22N2O3S. The highest BCUT2D eigenvalue weighted by atomic mass is 32.1. The lowest BCUT2D eigenvalue weighted by atomic mass is 10.0. The monoisotopic (exact) mass is 370 g/mol. The van der Waals surface area contributed by atoms with Gasteiger partial charge in [0.1, 0.15) is 0 Å². The van der Waals surface area contributed by atoms with Gasteiger partial charge in [0.05, 0.1) is 11.7 Å². The van der Waals surface area contributed by atoms with Gasteiger partial charge in [-0.3, -0.25) is 19.3 Å². The Morgan fingerprint density at radius 2 is 1.88 bits per heavy atom. The number of thiophene rings is 1. The fourth-order valence-corrected chi connectivity index (χ4v) is 3.89. The van der Waals surface area contributed by atoms with Gasteiger partial charge in [0.15, 0.2) is 0 Å². The Morgan fingerprint density at radius 3 is 2.50 bits per heavy atom. The molecule has 2 aromatic rings. The molecule has 1 aromatic heterocycles. The summed E-state index contributed by atoms with van der Waals surface area (Å²) in [6, 6.07) is 10.6. The number of benzene rings is 1. The van der Waals surface area contributed by atoms with Gasteiger partial charge in [0.25, 0.3) is 5.91 Å². The van der Waals surface area contributed by atoms with E-state index in [4.69, 9.17) is 0 Å². The molecule has 1 fully saturated rings.